The summed E-state index contributed by atoms with van der Waals surface area (Å²) in [4.78, 5) is 2.76. The molecule has 2 heterocycles. The lowest BCUT2D eigenvalue weighted by Crippen LogP contribution is -2.46. The molecule has 0 bridgehead atoms. The van der Waals surface area contributed by atoms with Crippen molar-refractivity contribution in [2.45, 2.75) is 38.8 Å². The van der Waals surface area contributed by atoms with Crippen LogP contribution in [-0.4, -0.2) is 30.1 Å². The molecule has 2 nitrogen and oxygen atoms in total. The number of nitrogens with one attached hydrogen (secondary N) is 1. The molecule has 0 amide bonds. The van der Waals surface area contributed by atoms with Gasteiger partial charge in [-0.05, 0) is 56.3 Å². The van der Waals surface area contributed by atoms with Crippen molar-refractivity contribution < 1.29 is 0 Å². The fraction of sp³-hybridized carbons (Fsp3) is 0.647. The van der Waals surface area contributed by atoms with E-state index in [0.717, 1.165) is 16.3 Å². The van der Waals surface area contributed by atoms with Crippen LogP contribution in [0.2, 0.25) is 0 Å². The maximum atomic E-state index is 3.57. The molecule has 1 aromatic rings. The molecule has 3 unspecified atom stereocenters. The zero-order valence-corrected chi connectivity index (χ0v) is 14.3. The Labute approximate surface area is 131 Å². The molecule has 2 saturated heterocycles. The Balaban J connectivity index is 1.88. The van der Waals surface area contributed by atoms with E-state index in [4.69, 9.17) is 0 Å². The molecule has 20 heavy (non-hydrogen) atoms. The van der Waals surface area contributed by atoms with E-state index in [1.807, 2.05) is 0 Å². The predicted octanol–water partition coefficient (Wildman–Crippen LogP) is 3.83. The summed E-state index contributed by atoms with van der Waals surface area (Å²) in [6.45, 7) is 10.8. The zero-order valence-electron chi connectivity index (χ0n) is 12.7. The zero-order chi connectivity index (χ0) is 14.3. The van der Waals surface area contributed by atoms with Crippen LogP contribution in [0.3, 0.4) is 0 Å². The molecular formula is C17H25BrN2. The van der Waals surface area contributed by atoms with Crippen molar-refractivity contribution >= 4 is 15.9 Å². The highest BCUT2D eigenvalue weighted by Crippen LogP contribution is 2.45. The van der Waals surface area contributed by atoms with Crippen molar-refractivity contribution in [2.75, 3.05) is 19.6 Å². The van der Waals surface area contributed by atoms with Crippen LogP contribution in [0.15, 0.2) is 28.7 Å². The van der Waals surface area contributed by atoms with Crippen LogP contribution in [0.4, 0.5) is 0 Å². The summed E-state index contributed by atoms with van der Waals surface area (Å²) in [5.74, 6) is 1.63. The molecule has 0 radical (unpaired) electrons. The third kappa shape index (κ3) is 2.34. The summed E-state index contributed by atoms with van der Waals surface area (Å²) >= 11 is 3.54. The SMILES string of the molecule is CCC(c1ccc(Br)cc1)N1CC2CNCC2C1(C)C. The second-order valence-corrected chi connectivity index (χ2v) is 7.72. The number of fused-ring (bicyclic) bond motifs is 1. The largest absolute Gasteiger partial charge is 0.316 e. The molecule has 1 aromatic carbocycles. The number of halogens is 1. The van der Waals surface area contributed by atoms with Crippen molar-refractivity contribution in [3.8, 4) is 0 Å². The van der Waals surface area contributed by atoms with Crippen LogP contribution >= 0.6 is 15.9 Å². The third-order valence-corrected chi connectivity index (χ3v) is 5.97. The number of hydrogen-bond donors (Lipinski definition) is 1. The number of nitrogens with zero attached hydrogens (tertiary/aromatic N) is 1. The van der Waals surface area contributed by atoms with Crippen molar-refractivity contribution in [3.63, 3.8) is 0 Å². The predicted molar refractivity (Wildman–Crippen MR) is 87.8 cm³/mol. The molecule has 110 valence electrons. The minimum Gasteiger partial charge on any atom is -0.316 e. The lowest BCUT2D eigenvalue weighted by atomic mass is 9.84. The molecule has 3 atom stereocenters. The molecule has 2 aliphatic rings. The average molecular weight is 337 g/mol. The maximum absolute atomic E-state index is 3.57. The van der Waals surface area contributed by atoms with Gasteiger partial charge in [0.1, 0.15) is 0 Å². The van der Waals surface area contributed by atoms with E-state index >= 15 is 0 Å². The van der Waals surface area contributed by atoms with Crippen LogP contribution in [0.5, 0.6) is 0 Å². The third-order valence-electron chi connectivity index (χ3n) is 5.44. The first-order valence-electron chi connectivity index (χ1n) is 7.77. The van der Waals surface area contributed by atoms with Crippen LogP contribution in [0, 0.1) is 11.8 Å². The second kappa shape index (κ2) is 5.43. The quantitative estimate of drug-likeness (QED) is 0.902. The number of rotatable bonds is 3. The second-order valence-electron chi connectivity index (χ2n) is 6.81. The molecule has 3 rings (SSSR count). The molecule has 0 spiro atoms. The van der Waals surface area contributed by atoms with E-state index < -0.39 is 0 Å². The van der Waals surface area contributed by atoms with Gasteiger partial charge in [-0.1, -0.05) is 35.0 Å². The minimum absolute atomic E-state index is 0.294. The van der Waals surface area contributed by atoms with E-state index in [9.17, 15) is 0 Å². The standard InChI is InChI=1S/C17H25BrN2/c1-4-16(12-5-7-14(18)8-6-12)20-11-13-9-19-10-15(13)17(20,2)3/h5-8,13,15-16,19H,4,9-11H2,1-3H3. The first-order valence-corrected chi connectivity index (χ1v) is 8.56. The first-order chi connectivity index (χ1) is 9.54. The van der Waals surface area contributed by atoms with E-state index in [2.05, 4.69) is 71.2 Å². The van der Waals surface area contributed by atoms with Crippen LogP contribution in [0.25, 0.3) is 0 Å². The van der Waals surface area contributed by atoms with Gasteiger partial charge in [0.05, 0.1) is 0 Å². The molecule has 0 aliphatic carbocycles. The molecular weight excluding hydrogens is 312 g/mol. The van der Waals surface area contributed by atoms with E-state index in [1.165, 1.54) is 31.6 Å². The van der Waals surface area contributed by atoms with Crippen molar-refractivity contribution in [2.24, 2.45) is 11.8 Å². The van der Waals surface area contributed by atoms with Crippen molar-refractivity contribution in [1.82, 2.24) is 10.2 Å². The molecule has 2 fully saturated rings. The molecule has 3 heteroatoms. The van der Waals surface area contributed by atoms with Gasteiger partial charge >= 0.3 is 0 Å². The Bertz CT molecular complexity index is 468. The van der Waals surface area contributed by atoms with Gasteiger partial charge in [-0.2, -0.15) is 0 Å². The molecule has 1 N–H and O–H groups in total. The van der Waals surface area contributed by atoms with Gasteiger partial charge in [0.15, 0.2) is 0 Å². The minimum atomic E-state index is 0.294. The highest BCUT2D eigenvalue weighted by atomic mass is 79.9. The summed E-state index contributed by atoms with van der Waals surface area (Å²) in [6.07, 6.45) is 1.18. The Hall–Kier alpha value is -0.380. The Morgan fingerprint density at radius 1 is 1.30 bits per heavy atom. The van der Waals surface area contributed by atoms with E-state index in [0.29, 0.717) is 11.6 Å². The lowest BCUT2D eigenvalue weighted by Gasteiger charge is -2.41. The summed E-state index contributed by atoms with van der Waals surface area (Å²) in [5.41, 5.74) is 1.75. The lowest BCUT2D eigenvalue weighted by molar-refractivity contribution is 0.0859. The molecule has 2 aliphatic heterocycles. The van der Waals surface area contributed by atoms with Gasteiger partial charge in [-0.25, -0.2) is 0 Å². The Morgan fingerprint density at radius 2 is 2.00 bits per heavy atom. The van der Waals surface area contributed by atoms with Crippen LogP contribution in [0.1, 0.15) is 38.8 Å². The summed E-state index contributed by atoms with van der Waals surface area (Å²) < 4.78 is 1.16. The Kier molecular flexibility index (Phi) is 3.95. The van der Waals surface area contributed by atoms with Crippen LogP contribution in [-0.2, 0) is 0 Å². The smallest absolute Gasteiger partial charge is 0.0351 e. The molecule has 0 saturated carbocycles. The summed E-state index contributed by atoms with van der Waals surface area (Å²) in [7, 11) is 0. The average Bonchev–Trinajstić information content (AvgIpc) is 2.97. The van der Waals surface area contributed by atoms with Gasteiger partial charge in [0.2, 0.25) is 0 Å². The van der Waals surface area contributed by atoms with Crippen molar-refractivity contribution in [1.29, 1.82) is 0 Å². The summed E-state index contributed by atoms with van der Waals surface area (Å²) in [5, 5.41) is 3.57. The van der Waals surface area contributed by atoms with Gasteiger partial charge in [-0.3, -0.25) is 4.90 Å². The molecule has 0 aromatic heterocycles. The number of hydrogen-bond acceptors (Lipinski definition) is 2. The number of likely N-dealkylation sites (tertiary alicyclic amines) is 1. The Morgan fingerprint density at radius 3 is 2.60 bits per heavy atom. The highest BCUT2D eigenvalue weighted by molar-refractivity contribution is 9.10. The highest BCUT2D eigenvalue weighted by Gasteiger charge is 2.51. The topological polar surface area (TPSA) is 15.3 Å². The van der Waals surface area contributed by atoms with Gasteiger partial charge in [-0.15, -0.1) is 0 Å². The van der Waals surface area contributed by atoms with E-state index in [-0.39, 0.29) is 0 Å². The fourth-order valence-electron chi connectivity index (χ4n) is 4.30. The van der Waals surface area contributed by atoms with Crippen LogP contribution < -0.4 is 5.32 Å². The maximum Gasteiger partial charge on any atom is 0.0351 e. The van der Waals surface area contributed by atoms with Gasteiger partial charge in [0, 0.05) is 29.1 Å². The monoisotopic (exact) mass is 336 g/mol. The fourth-order valence-corrected chi connectivity index (χ4v) is 4.57. The summed E-state index contributed by atoms with van der Waals surface area (Å²) in [6, 6.07) is 9.44. The van der Waals surface area contributed by atoms with E-state index in [1.54, 1.807) is 0 Å². The first kappa shape index (κ1) is 14.6. The normalized spacial score (nSPS) is 30.4. The van der Waals surface area contributed by atoms with Crippen molar-refractivity contribution in [3.05, 3.63) is 34.3 Å². The van der Waals surface area contributed by atoms with Gasteiger partial charge in [0.25, 0.3) is 0 Å². The van der Waals surface area contributed by atoms with Gasteiger partial charge < -0.3 is 5.32 Å². The number of benzene rings is 1.